The normalized spacial score (nSPS) is 9.29. The van der Waals surface area contributed by atoms with Gasteiger partial charge in [-0.05, 0) is 0 Å². The fourth-order valence-corrected chi connectivity index (χ4v) is 0.375. The third kappa shape index (κ3) is 0.899. The smallest absolute Gasteiger partial charge is 0.150 e. The summed E-state index contributed by atoms with van der Waals surface area (Å²) in [6.07, 6.45) is 1.47. The van der Waals surface area contributed by atoms with Crippen molar-refractivity contribution in [1.82, 2.24) is 15.2 Å². The zero-order valence-corrected chi connectivity index (χ0v) is 4.18. The van der Waals surface area contributed by atoms with E-state index in [1.807, 2.05) is 0 Å². The minimum absolute atomic E-state index is 0.585. The predicted molar refractivity (Wildman–Crippen MR) is 25.6 cm³/mol. The van der Waals surface area contributed by atoms with Crippen LogP contribution >= 0.6 is 11.6 Å². The number of rotatable bonds is 1. The third-order valence-electron chi connectivity index (χ3n) is 0.539. The van der Waals surface area contributed by atoms with E-state index in [1.54, 1.807) is 0 Å². The quantitative estimate of drug-likeness (QED) is 0.582. The third-order valence-corrected chi connectivity index (χ3v) is 0.746. The van der Waals surface area contributed by atoms with Crippen LogP contribution in [-0.2, 0) is 0 Å². The number of halogens is 1. The fraction of sp³-hybridized carbons (Fsp3) is 0. The van der Waals surface area contributed by atoms with Crippen molar-refractivity contribution in [2.45, 2.75) is 0 Å². The maximum atomic E-state index is 5.21. The van der Waals surface area contributed by atoms with Gasteiger partial charge in [0.1, 0.15) is 18.0 Å². The second kappa shape index (κ2) is 1.93. The molecule has 37 valence electrons. The van der Waals surface area contributed by atoms with Crippen LogP contribution in [0.15, 0.2) is 6.33 Å². The number of hydrogen-bond acceptors (Lipinski definition) is 2. The van der Waals surface area contributed by atoms with Gasteiger partial charge < -0.3 is 4.98 Å². The van der Waals surface area contributed by atoms with Crippen LogP contribution in [-0.4, -0.2) is 15.2 Å². The summed E-state index contributed by atoms with van der Waals surface area (Å²) in [5.41, 5.74) is 0. The zero-order chi connectivity index (χ0) is 5.11. The lowest BCUT2D eigenvalue weighted by Crippen LogP contribution is -1.74. The Kier molecular flexibility index (Phi) is 1.26. The fourth-order valence-electron chi connectivity index (χ4n) is 0.268. The Morgan fingerprint density at radius 3 is 3.00 bits per heavy atom. The molecular formula is C3H3ClN3. The van der Waals surface area contributed by atoms with Crippen LogP contribution in [0.3, 0.4) is 0 Å². The summed E-state index contributed by atoms with van der Waals surface area (Å²) in [5, 5.41) is 7.01. The van der Waals surface area contributed by atoms with E-state index in [0.717, 1.165) is 0 Å². The maximum absolute atomic E-state index is 5.21. The minimum Gasteiger partial charge on any atom is -0.330 e. The van der Waals surface area contributed by atoms with Gasteiger partial charge in [-0.3, -0.25) is 0 Å². The van der Waals surface area contributed by atoms with Crippen LogP contribution in [0, 0.1) is 5.88 Å². The number of aromatic nitrogens is 3. The molecule has 1 rings (SSSR count). The summed E-state index contributed by atoms with van der Waals surface area (Å²) < 4.78 is 0. The van der Waals surface area contributed by atoms with Crippen molar-refractivity contribution in [1.29, 1.82) is 0 Å². The Morgan fingerprint density at radius 1 is 1.86 bits per heavy atom. The molecule has 0 amide bonds. The van der Waals surface area contributed by atoms with Crippen molar-refractivity contribution in [2.24, 2.45) is 0 Å². The molecule has 1 aromatic rings. The van der Waals surface area contributed by atoms with Gasteiger partial charge in [0, 0.05) is 0 Å². The molecule has 0 aliphatic heterocycles. The number of H-pyrrole nitrogens is 1. The molecule has 0 saturated carbocycles. The molecule has 0 aliphatic rings. The summed E-state index contributed by atoms with van der Waals surface area (Å²) >= 11 is 5.21. The first-order valence-corrected chi connectivity index (χ1v) is 2.16. The van der Waals surface area contributed by atoms with Gasteiger partial charge in [-0.1, -0.05) is 0 Å². The zero-order valence-electron chi connectivity index (χ0n) is 3.43. The summed E-state index contributed by atoms with van der Waals surface area (Å²) in [5.74, 6) is 1.91. The SMILES string of the molecule is Cl[CH]c1nnc[nH]1. The molecule has 7 heavy (non-hydrogen) atoms. The van der Waals surface area contributed by atoms with Gasteiger partial charge in [0.15, 0.2) is 0 Å². The maximum Gasteiger partial charge on any atom is 0.150 e. The standard InChI is InChI=1S/C3H3ClN3/c4-1-3-5-2-6-7-3/h1-2H,(H,5,6,7). The van der Waals surface area contributed by atoms with Crippen molar-refractivity contribution in [3.05, 3.63) is 18.0 Å². The molecule has 1 N–H and O–H groups in total. The van der Waals surface area contributed by atoms with Gasteiger partial charge in [-0.25, -0.2) is 0 Å². The average Bonchev–Trinajstić information content (AvgIpc) is 2.14. The van der Waals surface area contributed by atoms with E-state index < -0.39 is 0 Å². The summed E-state index contributed by atoms with van der Waals surface area (Å²) in [6.45, 7) is 0. The van der Waals surface area contributed by atoms with Crippen LogP contribution in [0.2, 0.25) is 0 Å². The van der Waals surface area contributed by atoms with E-state index >= 15 is 0 Å². The Balaban J connectivity index is 2.76. The molecular weight excluding hydrogens is 114 g/mol. The second-order valence-electron chi connectivity index (χ2n) is 0.983. The lowest BCUT2D eigenvalue weighted by Gasteiger charge is -1.74. The van der Waals surface area contributed by atoms with E-state index in [9.17, 15) is 0 Å². The Hall–Kier alpha value is -0.570. The highest BCUT2D eigenvalue weighted by Crippen LogP contribution is 1.92. The van der Waals surface area contributed by atoms with Crippen LogP contribution in [0.4, 0.5) is 0 Å². The first kappa shape index (κ1) is 4.59. The van der Waals surface area contributed by atoms with Crippen molar-refractivity contribution >= 4 is 11.6 Å². The van der Waals surface area contributed by atoms with Crippen molar-refractivity contribution in [3.8, 4) is 0 Å². The summed E-state index contributed by atoms with van der Waals surface area (Å²) in [6, 6.07) is 0. The lowest BCUT2D eigenvalue weighted by atomic mass is 10.7. The monoisotopic (exact) mass is 116 g/mol. The molecule has 1 aromatic heterocycles. The predicted octanol–water partition coefficient (Wildman–Crippen LogP) is 0.553. The largest absolute Gasteiger partial charge is 0.330 e. The minimum atomic E-state index is 0.585. The number of hydrogen-bond donors (Lipinski definition) is 1. The van der Waals surface area contributed by atoms with Crippen molar-refractivity contribution in [3.63, 3.8) is 0 Å². The number of aromatic amines is 1. The van der Waals surface area contributed by atoms with Gasteiger partial charge in [-0.15, -0.1) is 21.8 Å². The first-order chi connectivity index (χ1) is 3.43. The second-order valence-corrected chi connectivity index (χ2v) is 1.20. The molecule has 4 heteroatoms. The molecule has 0 unspecified atom stereocenters. The van der Waals surface area contributed by atoms with Crippen molar-refractivity contribution < 1.29 is 0 Å². The molecule has 0 atom stereocenters. The topological polar surface area (TPSA) is 41.6 Å². The molecule has 1 heterocycles. The Morgan fingerprint density at radius 2 is 2.71 bits per heavy atom. The molecule has 3 nitrogen and oxygen atoms in total. The van der Waals surface area contributed by atoms with Gasteiger partial charge in [0.25, 0.3) is 0 Å². The van der Waals surface area contributed by atoms with Gasteiger partial charge in [0.05, 0.1) is 0 Å². The molecule has 0 fully saturated rings. The average molecular weight is 117 g/mol. The lowest BCUT2D eigenvalue weighted by molar-refractivity contribution is 1.06. The van der Waals surface area contributed by atoms with E-state index in [-0.39, 0.29) is 0 Å². The Labute approximate surface area is 45.7 Å². The van der Waals surface area contributed by atoms with E-state index in [2.05, 4.69) is 15.2 Å². The molecule has 0 aromatic carbocycles. The van der Waals surface area contributed by atoms with Crippen LogP contribution in [0.5, 0.6) is 0 Å². The highest BCUT2D eigenvalue weighted by Gasteiger charge is 1.87. The van der Waals surface area contributed by atoms with Gasteiger partial charge >= 0.3 is 0 Å². The molecule has 0 aliphatic carbocycles. The molecule has 0 spiro atoms. The summed E-state index contributed by atoms with van der Waals surface area (Å²) in [4.78, 5) is 2.68. The van der Waals surface area contributed by atoms with Crippen LogP contribution < -0.4 is 0 Å². The van der Waals surface area contributed by atoms with Gasteiger partial charge in [-0.2, -0.15) is 0 Å². The van der Waals surface area contributed by atoms with Crippen molar-refractivity contribution in [2.75, 3.05) is 0 Å². The highest BCUT2D eigenvalue weighted by molar-refractivity contribution is 6.24. The number of nitrogens with zero attached hydrogens (tertiary/aromatic N) is 2. The molecule has 1 radical (unpaired) electrons. The summed E-state index contributed by atoms with van der Waals surface area (Å²) in [7, 11) is 0. The van der Waals surface area contributed by atoms with Crippen LogP contribution in [0.1, 0.15) is 5.82 Å². The van der Waals surface area contributed by atoms with Crippen LogP contribution in [0.25, 0.3) is 0 Å². The molecule has 0 bridgehead atoms. The first-order valence-electron chi connectivity index (χ1n) is 1.73. The Bertz CT molecular complexity index is 125. The van der Waals surface area contributed by atoms with E-state index in [0.29, 0.717) is 5.82 Å². The molecule has 0 saturated heterocycles. The van der Waals surface area contributed by atoms with E-state index in [1.165, 1.54) is 12.2 Å². The van der Waals surface area contributed by atoms with E-state index in [4.69, 9.17) is 11.6 Å². The highest BCUT2D eigenvalue weighted by atomic mass is 35.5. The number of nitrogens with one attached hydrogen (secondary N) is 1. The van der Waals surface area contributed by atoms with Gasteiger partial charge in [0.2, 0.25) is 0 Å².